The van der Waals surface area contributed by atoms with E-state index < -0.39 is 11.6 Å². The molecule has 0 heterocycles. The summed E-state index contributed by atoms with van der Waals surface area (Å²) in [7, 11) is 0. The lowest BCUT2D eigenvalue weighted by Crippen LogP contribution is -2.07. The van der Waals surface area contributed by atoms with E-state index in [1.54, 1.807) is 0 Å². The Balaban J connectivity index is 2.54. The van der Waals surface area contributed by atoms with Crippen LogP contribution in [0, 0.1) is 11.6 Å². The van der Waals surface area contributed by atoms with Crippen LogP contribution in [-0.4, -0.2) is 26.4 Å². The van der Waals surface area contributed by atoms with E-state index in [9.17, 15) is 8.78 Å². The molecular weight excluding hydrogens is 240 g/mol. The fourth-order valence-corrected chi connectivity index (χ4v) is 1.54. The maximum Gasteiger partial charge on any atom is 0.190 e. The highest BCUT2D eigenvalue weighted by atomic mass is 19.1. The first-order chi connectivity index (χ1) is 8.69. The Labute approximate surface area is 106 Å². The zero-order valence-corrected chi connectivity index (χ0v) is 10.5. The second kappa shape index (κ2) is 8.00. The molecule has 0 saturated carbocycles. The van der Waals surface area contributed by atoms with Crippen molar-refractivity contribution >= 4 is 0 Å². The molecule has 1 aromatic rings. The van der Waals surface area contributed by atoms with Gasteiger partial charge in [-0.2, -0.15) is 0 Å². The Morgan fingerprint density at radius 3 is 2.39 bits per heavy atom. The van der Waals surface area contributed by atoms with Crippen molar-refractivity contribution in [1.29, 1.82) is 0 Å². The SMILES string of the molecule is CCOCCCOc1c(F)cc(CCN)cc1F. The standard InChI is InChI=1S/C13H19F2NO2/c1-2-17-6-3-7-18-13-11(14)8-10(4-5-16)9-12(13)15/h8-9H,2-7,16H2,1H3. The van der Waals surface area contributed by atoms with Gasteiger partial charge in [0.1, 0.15) is 0 Å². The van der Waals surface area contributed by atoms with Crippen molar-refractivity contribution in [3.63, 3.8) is 0 Å². The largest absolute Gasteiger partial charge is 0.488 e. The molecule has 0 saturated heterocycles. The quantitative estimate of drug-likeness (QED) is 0.728. The van der Waals surface area contributed by atoms with Gasteiger partial charge in [0.2, 0.25) is 0 Å². The third-order valence-electron chi connectivity index (χ3n) is 2.37. The average Bonchev–Trinajstić information content (AvgIpc) is 2.32. The predicted molar refractivity (Wildman–Crippen MR) is 65.7 cm³/mol. The van der Waals surface area contributed by atoms with E-state index in [2.05, 4.69) is 0 Å². The van der Waals surface area contributed by atoms with E-state index in [4.69, 9.17) is 15.2 Å². The molecule has 1 rings (SSSR count). The summed E-state index contributed by atoms with van der Waals surface area (Å²) >= 11 is 0. The van der Waals surface area contributed by atoms with Gasteiger partial charge in [-0.25, -0.2) is 8.78 Å². The highest BCUT2D eigenvalue weighted by molar-refractivity contribution is 5.31. The topological polar surface area (TPSA) is 44.5 Å². The monoisotopic (exact) mass is 259 g/mol. The van der Waals surface area contributed by atoms with Crippen LogP contribution in [0.15, 0.2) is 12.1 Å². The highest BCUT2D eigenvalue weighted by Gasteiger charge is 2.12. The first kappa shape index (κ1) is 14.9. The number of hydrogen-bond acceptors (Lipinski definition) is 3. The van der Waals surface area contributed by atoms with Gasteiger partial charge in [0.15, 0.2) is 17.4 Å². The van der Waals surface area contributed by atoms with Crippen molar-refractivity contribution in [2.45, 2.75) is 19.8 Å². The molecule has 18 heavy (non-hydrogen) atoms. The maximum atomic E-state index is 13.6. The van der Waals surface area contributed by atoms with Gasteiger partial charge in [0, 0.05) is 19.6 Å². The van der Waals surface area contributed by atoms with Crippen molar-refractivity contribution in [2.75, 3.05) is 26.4 Å². The maximum absolute atomic E-state index is 13.6. The molecule has 2 N–H and O–H groups in total. The van der Waals surface area contributed by atoms with Crippen molar-refractivity contribution in [3.05, 3.63) is 29.3 Å². The van der Waals surface area contributed by atoms with Gasteiger partial charge in [-0.15, -0.1) is 0 Å². The summed E-state index contributed by atoms with van der Waals surface area (Å²) in [6, 6.07) is 2.52. The molecule has 0 atom stereocenters. The number of ether oxygens (including phenoxy) is 2. The first-order valence-corrected chi connectivity index (χ1v) is 6.07. The second-order valence-electron chi connectivity index (χ2n) is 3.83. The van der Waals surface area contributed by atoms with Crippen LogP contribution in [-0.2, 0) is 11.2 Å². The lowest BCUT2D eigenvalue weighted by Gasteiger charge is -2.10. The summed E-state index contributed by atoms with van der Waals surface area (Å²) in [6.45, 7) is 3.61. The summed E-state index contributed by atoms with van der Waals surface area (Å²) in [6.07, 6.45) is 1.04. The van der Waals surface area contributed by atoms with E-state index in [-0.39, 0.29) is 12.4 Å². The Kier molecular flexibility index (Phi) is 6.60. The summed E-state index contributed by atoms with van der Waals surface area (Å²) in [5.41, 5.74) is 5.87. The van der Waals surface area contributed by atoms with E-state index >= 15 is 0 Å². The van der Waals surface area contributed by atoms with Gasteiger partial charge < -0.3 is 15.2 Å². The number of nitrogens with two attached hydrogens (primary N) is 1. The molecule has 1 aromatic carbocycles. The van der Waals surface area contributed by atoms with Gasteiger partial charge >= 0.3 is 0 Å². The third kappa shape index (κ3) is 4.58. The van der Waals surface area contributed by atoms with Crippen LogP contribution >= 0.6 is 0 Å². The molecule has 0 unspecified atom stereocenters. The summed E-state index contributed by atoms with van der Waals surface area (Å²) in [4.78, 5) is 0. The summed E-state index contributed by atoms with van der Waals surface area (Å²) in [5.74, 6) is -1.70. The first-order valence-electron chi connectivity index (χ1n) is 6.07. The van der Waals surface area contributed by atoms with Crippen molar-refractivity contribution in [1.82, 2.24) is 0 Å². The van der Waals surface area contributed by atoms with Crippen LogP contribution in [0.25, 0.3) is 0 Å². The number of benzene rings is 1. The summed E-state index contributed by atoms with van der Waals surface area (Å²) in [5, 5.41) is 0. The van der Waals surface area contributed by atoms with Crippen LogP contribution < -0.4 is 10.5 Å². The third-order valence-corrected chi connectivity index (χ3v) is 2.37. The van der Waals surface area contributed by atoms with Gasteiger partial charge in [0.05, 0.1) is 6.61 Å². The predicted octanol–water partition coefficient (Wildman–Crippen LogP) is 2.27. The van der Waals surface area contributed by atoms with Crippen LogP contribution in [0.4, 0.5) is 8.78 Å². The highest BCUT2D eigenvalue weighted by Crippen LogP contribution is 2.23. The fraction of sp³-hybridized carbons (Fsp3) is 0.538. The number of hydrogen-bond donors (Lipinski definition) is 1. The Morgan fingerprint density at radius 1 is 1.17 bits per heavy atom. The number of halogens is 2. The minimum atomic E-state index is -0.685. The molecule has 0 bridgehead atoms. The minimum absolute atomic E-state index is 0.226. The molecule has 0 aliphatic rings. The Morgan fingerprint density at radius 2 is 1.83 bits per heavy atom. The fourth-order valence-electron chi connectivity index (χ4n) is 1.54. The van der Waals surface area contributed by atoms with E-state index in [0.717, 1.165) is 0 Å². The van der Waals surface area contributed by atoms with Crippen molar-refractivity contribution < 1.29 is 18.3 Å². The molecule has 5 heteroatoms. The molecule has 102 valence electrons. The molecule has 0 amide bonds. The van der Waals surface area contributed by atoms with E-state index in [1.807, 2.05) is 6.92 Å². The molecule has 0 radical (unpaired) electrons. The summed E-state index contributed by atoms with van der Waals surface area (Å²) < 4.78 is 37.3. The zero-order valence-electron chi connectivity index (χ0n) is 10.5. The van der Waals surface area contributed by atoms with E-state index in [1.165, 1.54) is 12.1 Å². The molecule has 0 fully saturated rings. The van der Waals surface area contributed by atoms with Crippen molar-refractivity contribution in [2.24, 2.45) is 5.73 Å². The number of rotatable bonds is 8. The van der Waals surface area contributed by atoms with Crippen molar-refractivity contribution in [3.8, 4) is 5.75 Å². The minimum Gasteiger partial charge on any atom is -0.488 e. The zero-order chi connectivity index (χ0) is 13.4. The van der Waals surface area contributed by atoms with Gasteiger partial charge in [-0.05, 0) is 37.6 Å². The Bertz CT molecular complexity index is 349. The van der Waals surface area contributed by atoms with Gasteiger partial charge in [0.25, 0.3) is 0 Å². The lowest BCUT2D eigenvalue weighted by molar-refractivity contribution is 0.129. The molecular formula is C13H19F2NO2. The van der Waals surface area contributed by atoms with Crippen LogP contribution in [0.5, 0.6) is 5.75 Å². The molecule has 0 aliphatic heterocycles. The van der Waals surface area contributed by atoms with E-state index in [0.29, 0.717) is 38.2 Å². The average molecular weight is 259 g/mol. The molecule has 3 nitrogen and oxygen atoms in total. The lowest BCUT2D eigenvalue weighted by atomic mass is 10.1. The molecule has 0 spiro atoms. The van der Waals surface area contributed by atoms with Crippen LogP contribution in [0.2, 0.25) is 0 Å². The van der Waals surface area contributed by atoms with Crippen LogP contribution in [0.1, 0.15) is 18.9 Å². The smallest absolute Gasteiger partial charge is 0.190 e. The molecule has 0 aliphatic carbocycles. The van der Waals surface area contributed by atoms with Gasteiger partial charge in [-0.3, -0.25) is 0 Å². The van der Waals surface area contributed by atoms with Crippen LogP contribution in [0.3, 0.4) is 0 Å². The van der Waals surface area contributed by atoms with Gasteiger partial charge in [-0.1, -0.05) is 0 Å². The second-order valence-corrected chi connectivity index (χ2v) is 3.83. The normalized spacial score (nSPS) is 10.7. The Hall–Kier alpha value is -1.20. The molecule has 0 aromatic heterocycles.